The number of ether oxygens (including phenoxy) is 1. The van der Waals surface area contributed by atoms with E-state index in [1.54, 1.807) is 18.2 Å². The highest BCUT2D eigenvalue weighted by Crippen LogP contribution is 2.45. The minimum atomic E-state index is -0.432. The predicted molar refractivity (Wildman–Crippen MR) is 76.1 cm³/mol. The van der Waals surface area contributed by atoms with Gasteiger partial charge in [0.25, 0.3) is 0 Å². The number of hydrogen-bond donors (Lipinski definition) is 2. The number of aliphatic hydroxyl groups excluding tert-OH is 1. The van der Waals surface area contributed by atoms with Gasteiger partial charge in [0, 0.05) is 12.0 Å². The molecule has 1 saturated carbocycles. The van der Waals surface area contributed by atoms with Gasteiger partial charge in [0.15, 0.2) is 5.75 Å². The monoisotopic (exact) mass is 280 g/mol. The van der Waals surface area contributed by atoms with Crippen LogP contribution in [0.25, 0.3) is 0 Å². The number of anilines is 1. The lowest BCUT2D eigenvalue weighted by molar-refractivity contribution is -0.385. The normalized spacial score (nSPS) is 16.0. The second-order valence-corrected chi connectivity index (χ2v) is 5.59. The van der Waals surface area contributed by atoms with Crippen molar-refractivity contribution >= 4 is 11.4 Å². The Hall–Kier alpha value is -1.82. The average Bonchev–Trinajstić information content (AvgIpc) is 3.16. The summed E-state index contributed by atoms with van der Waals surface area (Å²) in [5.74, 6) is 0.267. The van der Waals surface area contributed by atoms with Crippen LogP contribution in [0.3, 0.4) is 0 Å². The zero-order valence-electron chi connectivity index (χ0n) is 11.8. The van der Waals surface area contributed by atoms with Crippen LogP contribution in [0.15, 0.2) is 18.2 Å². The highest BCUT2D eigenvalue weighted by Gasteiger charge is 2.42. The molecule has 1 aliphatic carbocycles. The second kappa shape index (κ2) is 5.66. The van der Waals surface area contributed by atoms with Crippen molar-refractivity contribution in [1.82, 2.24) is 0 Å². The van der Waals surface area contributed by atoms with Crippen LogP contribution < -0.4 is 10.1 Å². The Morgan fingerprint density at radius 1 is 1.50 bits per heavy atom. The summed E-state index contributed by atoms with van der Waals surface area (Å²) in [4.78, 5) is 10.8. The number of benzene rings is 1. The molecule has 0 amide bonds. The molecule has 0 unspecified atom stereocenters. The minimum Gasteiger partial charge on any atom is -0.484 e. The van der Waals surface area contributed by atoms with Crippen LogP contribution in [0.4, 0.5) is 11.4 Å². The first kappa shape index (κ1) is 14.6. The van der Waals surface area contributed by atoms with Crippen molar-refractivity contribution in [2.75, 3.05) is 18.5 Å². The van der Waals surface area contributed by atoms with Gasteiger partial charge in [-0.2, -0.15) is 0 Å². The van der Waals surface area contributed by atoms with Crippen LogP contribution >= 0.6 is 0 Å². The van der Waals surface area contributed by atoms with E-state index in [4.69, 9.17) is 4.74 Å². The molecule has 1 aliphatic rings. The van der Waals surface area contributed by atoms with Crippen LogP contribution in [0, 0.1) is 15.5 Å². The van der Waals surface area contributed by atoms with Crippen LogP contribution in [0.1, 0.15) is 26.7 Å². The van der Waals surface area contributed by atoms with E-state index in [9.17, 15) is 15.2 Å². The smallest absolute Gasteiger partial charge is 0.333 e. The summed E-state index contributed by atoms with van der Waals surface area (Å²) >= 11 is 0. The number of hydrogen-bond acceptors (Lipinski definition) is 5. The summed E-state index contributed by atoms with van der Waals surface area (Å²) < 4.78 is 5.49. The Bertz CT molecular complexity index is 498. The number of rotatable bonds is 7. The summed E-state index contributed by atoms with van der Waals surface area (Å²) in [6.07, 6.45) is 1.77. The van der Waals surface area contributed by atoms with Crippen molar-refractivity contribution in [2.24, 2.45) is 5.41 Å². The molecule has 0 spiro atoms. The topological polar surface area (TPSA) is 84.6 Å². The SMILES string of the molecule is CC(C)Oc1cccc(NCC2(CO)CC2)c1[N+](=O)[O-]. The first-order valence-electron chi connectivity index (χ1n) is 6.76. The molecule has 2 rings (SSSR count). The highest BCUT2D eigenvalue weighted by atomic mass is 16.6. The van der Waals surface area contributed by atoms with Crippen LogP contribution in [-0.4, -0.2) is 29.3 Å². The molecule has 0 radical (unpaired) electrons. The maximum absolute atomic E-state index is 11.3. The lowest BCUT2D eigenvalue weighted by Gasteiger charge is -2.16. The Morgan fingerprint density at radius 2 is 2.20 bits per heavy atom. The fourth-order valence-electron chi connectivity index (χ4n) is 2.05. The summed E-state index contributed by atoms with van der Waals surface area (Å²) in [6, 6.07) is 4.99. The van der Waals surface area contributed by atoms with Gasteiger partial charge >= 0.3 is 5.69 Å². The van der Waals surface area contributed by atoms with Gasteiger partial charge in [-0.15, -0.1) is 0 Å². The Balaban J connectivity index is 2.20. The van der Waals surface area contributed by atoms with Gasteiger partial charge in [-0.05, 0) is 38.8 Å². The molecule has 6 nitrogen and oxygen atoms in total. The van der Waals surface area contributed by atoms with Crippen molar-refractivity contribution in [3.8, 4) is 5.75 Å². The molecular formula is C14H20N2O4. The Kier molecular flexibility index (Phi) is 4.13. The maximum atomic E-state index is 11.3. The highest BCUT2D eigenvalue weighted by molar-refractivity contribution is 5.68. The van der Waals surface area contributed by atoms with Crippen molar-refractivity contribution in [2.45, 2.75) is 32.8 Å². The van der Waals surface area contributed by atoms with Crippen molar-refractivity contribution in [3.63, 3.8) is 0 Å². The summed E-state index contributed by atoms with van der Waals surface area (Å²) in [7, 11) is 0. The number of nitro benzene ring substituents is 1. The Morgan fingerprint density at radius 3 is 2.70 bits per heavy atom. The molecule has 0 aliphatic heterocycles. The zero-order chi connectivity index (χ0) is 14.8. The van der Waals surface area contributed by atoms with Gasteiger partial charge in [-0.3, -0.25) is 10.1 Å². The number of nitrogens with one attached hydrogen (secondary N) is 1. The molecule has 0 saturated heterocycles. The van der Waals surface area contributed by atoms with Gasteiger partial charge < -0.3 is 15.2 Å². The molecular weight excluding hydrogens is 260 g/mol. The van der Waals surface area contributed by atoms with E-state index < -0.39 is 4.92 Å². The molecule has 6 heteroatoms. The number of nitro groups is 1. The third-order valence-corrected chi connectivity index (χ3v) is 3.49. The van der Waals surface area contributed by atoms with E-state index in [1.165, 1.54) is 0 Å². The van der Waals surface area contributed by atoms with Gasteiger partial charge in [0.1, 0.15) is 5.69 Å². The van der Waals surface area contributed by atoms with E-state index in [0.717, 1.165) is 12.8 Å². The lowest BCUT2D eigenvalue weighted by atomic mass is 10.1. The van der Waals surface area contributed by atoms with Gasteiger partial charge in [-0.25, -0.2) is 0 Å². The summed E-state index contributed by atoms with van der Waals surface area (Å²) in [6.45, 7) is 4.30. The quantitative estimate of drug-likeness (QED) is 0.592. The van der Waals surface area contributed by atoms with E-state index in [0.29, 0.717) is 12.2 Å². The van der Waals surface area contributed by atoms with Crippen molar-refractivity contribution in [3.05, 3.63) is 28.3 Å². The van der Waals surface area contributed by atoms with Crippen molar-refractivity contribution in [1.29, 1.82) is 0 Å². The fraction of sp³-hybridized carbons (Fsp3) is 0.571. The van der Waals surface area contributed by atoms with Gasteiger partial charge in [0.2, 0.25) is 0 Å². The standard InChI is InChI=1S/C14H20N2O4/c1-10(2)20-12-5-3-4-11(13(12)16(18)19)15-8-14(9-17)6-7-14/h3-5,10,15,17H,6-9H2,1-2H3. The molecule has 0 atom stereocenters. The molecule has 0 heterocycles. The van der Waals surface area contributed by atoms with Gasteiger partial charge in [-0.1, -0.05) is 6.07 Å². The molecule has 110 valence electrons. The van der Waals surface area contributed by atoms with E-state index in [-0.39, 0.29) is 29.6 Å². The summed E-state index contributed by atoms with van der Waals surface area (Å²) in [5, 5.41) is 23.6. The van der Waals surface area contributed by atoms with E-state index >= 15 is 0 Å². The molecule has 20 heavy (non-hydrogen) atoms. The lowest BCUT2D eigenvalue weighted by Crippen LogP contribution is -2.19. The molecule has 2 N–H and O–H groups in total. The van der Waals surface area contributed by atoms with E-state index in [2.05, 4.69) is 5.32 Å². The molecule has 1 aromatic rings. The van der Waals surface area contributed by atoms with E-state index in [1.807, 2.05) is 13.8 Å². The number of para-hydroxylation sites is 1. The van der Waals surface area contributed by atoms with Crippen LogP contribution in [0.2, 0.25) is 0 Å². The average molecular weight is 280 g/mol. The third kappa shape index (κ3) is 3.19. The molecule has 0 bridgehead atoms. The fourth-order valence-corrected chi connectivity index (χ4v) is 2.05. The first-order chi connectivity index (χ1) is 9.47. The van der Waals surface area contributed by atoms with Gasteiger partial charge in [0.05, 0.1) is 17.6 Å². The number of aliphatic hydroxyl groups is 1. The van der Waals surface area contributed by atoms with Crippen LogP contribution in [0.5, 0.6) is 5.75 Å². The largest absolute Gasteiger partial charge is 0.484 e. The maximum Gasteiger partial charge on any atom is 0.333 e. The second-order valence-electron chi connectivity index (χ2n) is 5.59. The first-order valence-corrected chi connectivity index (χ1v) is 6.76. The molecule has 1 aromatic carbocycles. The zero-order valence-corrected chi connectivity index (χ0v) is 11.8. The van der Waals surface area contributed by atoms with Crippen LogP contribution in [-0.2, 0) is 0 Å². The third-order valence-electron chi connectivity index (χ3n) is 3.49. The predicted octanol–water partition coefficient (Wildman–Crippen LogP) is 2.57. The molecule has 0 aromatic heterocycles. The number of nitrogens with zero attached hydrogens (tertiary/aromatic N) is 1. The minimum absolute atomic E-state index is 0.0464. The molecule has 1 fully saturated rings. The summed E-state index contributed by atoms with van der Waals surface area (Å²) in [5.41, 5.74) is 0.283. The van der Waals surface area contributed by atoms with Crippen molar-refractivity contribution < 1.29 is 14.8 Å². The Labute approximate surface area is 117 Å².